The second-order valence-electron chi connectivity index (χ2n) is 6.47. The van der Waals surface area contributed by atoms with Gasteiger partial charge in [0.25, 0.3) is 11.5 Å². The first-order chi connectivity index (χ1) is 13.1. The number of benzene rings is 1. The summed E-state index contributed by atoms with van der Waals surface area (Å²) in [5.74, 6) is 1.01. The number of fused-ring (bicyclic) bond motifs is 2. The van der Waals surface area contributed by atoms with E-state index in [2.05, 4.69) is 10.3 Å². The Balaban J connectivity index is 1.70. The molecule has 2 aromatic rings. The molecule has 27 heavy (non-hydrogen) atoms. The highest BCUT2D eigenvalue weighted by Crippen LogP contribution is 2.19. The third kappa shape index (κ3) is 4.64. The first-order valence-electron chi connectivity index (χ1n) is 9.11. The van der Waals surface area contributed by atoms with Gasteiger partial charge in [0, 0.05) is 27.2 Å². The maximum Gasteiger partial charge on any atom is 0.261 e. The van der Waals surface area contributed by atoms with Crippen molar-refractivity contribution in [1.82, 2.24) is 14.9 Å². The van der Waals surface area contributed by atoms with Crippen LogP contribution in [0.25, 0.3) is 10.9 Å². The summed E-state index contributed by atoms with van der Waals surface area (Å²) in [6.07, 6.45) is 3.47. The molecule has 2 heterocycles. The molecule has 1 aliphatic rings. The van der Waals surface area contributed by atoms with Crippen molar-refractivity contribution in [2.45, 2.75) is 38.5 Å². The van der Waals surface area contributed by atoms with E-state index in [4.69, 9.17) is 14.2 Å². The van der Waals surface area contributed by atoms with Crippen LogP contribution in [0.1, 0.15) is 25.1 Å². The zero-order chi connectivity index (χ0) is 19.2. The number of hydrogen-bond donors (Lipinski definition) is 1. The molecular formula is C19H25N3O5. The Bertz CT molecular complexity index is 860. The molecule has 1 aliphatic heterocycles. The zero-order valence-electron chi connectivity index (χ0n) is 15.7. The number of nitrogens with one attached hydrogen (secondary N) is 1. The number of nitrogens with zero attached hydrogens (tertiary/aromatic N) is 2. The number of ether oxygens (including phenoxy) is 3. The van der Waals surface area contributed by atoms with Gasteiger partial charge in [0.1, 0.15) is 11.6 Å². The molecule has 0 bridgehead atoms. The molecule has 0 spiro atoms. The van der Waals surface area contributed by atoms with Crippen LogP contribution >= 0.6 is 0 Å². The van der Waals surface area contributed by atoms with E-state index in [0.717, 1.165) is 31.5 Å². The molecular weight excluding hydrogens is 350 g/mol. The predicted molar refractivity (Wildman–Crippen MR) is 99.9 cm³/mol. The van der Waals surface area contributed by atoms with Gasteiger partial charge in [-0.1, -0.05) is 6.42 Å². The van der Waals surface area contributed by atoms with Crippen LogP contribution < -0.4 is 15.6 Å². The number of hydrogen-bond acceptors (Lipinski definition) is 6. The van der Waals surface area contributed by atoms with Crippen LogP contribution in [-0.2, 0) is 27.2 Å². The number of carbonyl (C=O) groups is 1. The maximum absolute atomic E-state index is 12.8. The minimum Gasteiger partial charge on any atom is -0.484 e. The fourth-order valence-corrected chi connectivity index (χ4v) is 3.15. The molecule has 1 N–H and O–H groups in total. The van der Waals surface area contributed by atoms with E-state index in [0.29, 0.717) is 23.2 Å². The fraction of sp³-hybridized carbons (Fsp3) is 0.526. The van der Waals surface area contributed by atoms with Gasteiger partial charge in [-0.3, -0.25) is 14.2 Å². The van der Waals surface area contributed by atoms with Gasteiger partial charge in [0.15, 0.2) is 12.9 Å². The second-order valence-corrected chi connectivity index (χ2v) is 6.47. The first-order valence-corrected chi connectivity index (χ1v) is 9.11. The highest BCUT2D eigenvalue weighted by Gasteiger charge is 2.14. The quantitative estimate of drug-likeness (QED) is 0.732. The smallest absolute Gasteiger partial charge is 0.261 e. The number of rotatable bonds is 7. The minimum absolute atomic E-state index is 0.0465. The first kappa shape index (κ1) is 19.3. The lowest BCUT2D eigenvalue weighted by atomic mass is 10.2. The molecule has 146 valence electrons. The third-order valence-electron chi connectivity index (χ3n) is 4.65. The Labute approximate surface area is 157 Å². The van der Waals surface area contributed by atoms with E-state index in [9.17, 15) is 9.59 Å². The van der Waals surface area contributed by atoms with Gasteiger partial charge in [0.05, 0.1) is 17.4 Å². The summed E-state index contributed by atoms with van der Waals surface area (Å²) >= 11 is 0. The van der Waals surface area contributed by atoms with E-state index in [1.165, 1.54) is 14.2 Å². The van der Waals surface area contributed by atoms with Crippen LogP contribution in [0, 0.1) is 0 Å². The van der Waals surface area contributed by atoms with E-state index < -0.39 is 6.29 Å². The summed E-state index contributed by atoms with van der Waals surface area (Å²) < 4.78 is 17.3. The molecule has 1 amide bonds. The standard InChI is InChI=1S/C19H25N3O5/c1-25-18(26-2)11-20-17(23)12-27-13-7-8-15-14(10-13)19(24)22-9-5-3-4-6-16(22)21-15/h7-8,10,18H,3-6,9,11-12H2,1-2H3,(H,20,23). The number of methoxy groups -OCH3 is 2. The summed E-state index contributed by atoms with van der Waals surface area (Å²) in [6.45, 7) is 0.764. The van der Waals surface area contributed by atoms with Crippen molar-refractivity contribution >= 4 is 16.8 Å². The summed E-state index contributed by atoms with van der Waals surface area (Å²) in [7, 11) is 3.00. The topological polar surface area (TPSA) is 91.7 Å². The summed E-state index contributed by atoms with van der Waals surface area (Å²) in [6, 6.07) is 5.15. The Morgan fingerprint density at radius 3 is 2.85 bits per heavy atom. The van der Waals surface area contributed by atoms with Crippen molar-refractivity contribution in [1.29, 1.82) is 0 Å². The van der Waals surface area contributed by atoms with E-state index in [1.54, 1.807) is 22.8 Å². The van der Waals surface area contributed by atoms with Gasteiger partial charge in [0.2, 0.25) is 0 Å². The predicted octanol–water partition coefficient (Wildman–Crippen LogP) is 1.24. The largest absolute Gasteiger partial charge is 0.484 e. The van der Waals surface area contributed by atoms with Crippen molar-refractivity contribution < 1.29 is 19.0 Å². The normalized spacial score (nSPS) is 14.0. The van der Waals surface area contributed by atoms with Crippen molar-refractivity contribution in [3.63, 3.8) is 0 Å². The van der Waals surface area contributed by atoms with Gasteiger partial charge in [-0.2, -0.15) is 0 Å². The van der Waals surface area contributed by atoms with Crippen LogP contribution in [-0.4, -0.2) is 49.1 Å². The number of carbonyl (C=O) groups excluding carboxylic acids is 1. The second kappa shape index (κ2) is 8.96. The lowest BCUT2D eigenvalue weighted by Gasteiger charge is -2.14. The van der Waals surface area contributed by atoms with Gasteiger partial charge in [-0.15, -0.1) is 0 Å². The highest BCUT2D eigenvalue weighted by molar-refractivity contribution is 5.80. The Kier molecular flexibility index (Phi) is 6.41. The SMILES string of the molecule is COC(CNC(=O)COc1ccc2nc3n(c(=O)c2c1)CCCCC3)OC. The van der Waals surface area contributed by atoms with Crippen molar-refractivity contribution in [2.24, 2.45) is 0 Å². The van der Waals surface area contributed by atoms with E-state index in [-0.39, 0.29) is 24.6 Å². The van der Waals surface area contributed by atoms with Crippen LogP contribution in [0.4, 0.5) is 0 Å². The summed E-state index contributed by atoms with van der Waals surface area (Å²) in [4.78, 5) is 29.3. The summed E-state index contributed by atoms with van der Waals surface area (Å²) in [5, 5.41) is 3.17. The van der Waals surface area contributed by atoms with Crippen molar-refractivity contribution in [3.8, 4) is 5.75 Å². The van der Waals surface area contributed by atoms with Crippen molar-refractivity contribution in [2.75, 3.05) is 27.4 Å². The molecule has 1 aromatic heterocycles. The van der Waals surface area contributed by atoms with Crippen LogP contribution in [0.2, 0.25) is 0 Å². The molecule has 0 saturated heterocycles. The molecule has 1 aromatic carbocycles. The summed E-state index contributed by atoms with van der Waals surface area (Å²) in [5.41, 5.74) is 0.614. The molecule has 0 radical (unpaired) electrons. The lowest BCUT2D eigenvalue weighted by Crippen LogP contribution is -2.36. The van der Waals surface area contributed by atoms with E-state index in [1.807, 2.05) is 0 Å². The van der Waals surface area contributed by atoms with Crippen molar-refractivity contribution in [3.05, 3.63) is 34.4 Å². The van der Waals surface area contributed by atoms with Gasteiger partial charge in [-0.05, 0) is 31.0 Å². The highest BCUT2D eigenvalue weighted by atomic mass is 16.7. The Morgan fingerprint density at radius 1 is 1.26 bits per heavy atom. The van der Waals surface area contributed by atoms with Gasteiger partial charge < -0.3 is 19.5 Å². The molecule has 8 nitrogen and oxygen atoms in total. The molecule has 0 fully saturated rings. The van der Waals surface area contributed by atoms with Crippen LogP contribution in [0.15, 0.2) is 23.0 Å². The lowest BCUT2D eigenvalue weighted by molar-refractivity contribution is -0.129. The monoisotopic (exact) mass is 375 g/mol. The molecule has 3 rings (SSSR count). The van der Waals surface area contributed by atoms with Gasteiger partial charge >= 0.3 is 0 Å². The molecule has 0 saturated carbocycles. The van der Waals surface area contributed by atoms with Gasteiger partial charge in [-0.25, -0.2) is 4.98 Å². The average molecular weight is 375 g/mol. The van der Waals surface area contributed by atoms with E-state index >= 15 is 0 Å². The molecule has 8 heteroatoms. The number of aromatic nitrogens is 2. The average Bonchev–Trinajstić information content (AvgIpc) is 2.93. The molecule has 0 unspecified atom stereocenters. The third-order valence-corrected chi connectivity index (χ3v) is 4.65. The zero-order valence-corrected chi connectivity index (χ0v) is 15.7. The minimum atomic E-state index is -0.504. The number of amides is 1. The van der Waals surface area contributed by atoms with Crippen LogP contribution in [0.3, 0.4) is 0 Å². The fourth-order valence-electron chi connectivity index (χ4n) is 3.15. The molecule has 0 atom stereocenters. The maximum atomic E-state index is 12.8. The Hall–Kier alpha value is -2.45. The number of aryl methyl sites for hydroxylation is 1. The Morgan fingerprint density at radius 2 is 2.07 bits per heavy atom. The van der Waals surface area contributed by atoms with Crippen LogP contribution in [0.5, 0.6) is 5.75 Å². The molecule has 0 aliphatic carbocycles.